The van der Waals surface area contributed by atoms with Gasteiger partial charge in [0.25, 0.3) is 5.91 Å². The summed E-state index contributed by atoms with van der Waals surface area (Å²) < 4.78 is 26.0. The number of hydroxylamine groups is 1. The Morgan fingerprint density at radius 1 is 1.30 bits per heavy atom. The summed E-state index contributed by atoms with van der Waals surface area (Å²) in [6, 6.07) is 6.44. The van der Waals surface area contributed by atoms with Gasteiger partial charge in [0.05, 0.1) is 11.4 Å². The quantitative estimate of drug-likeness (QED) is 0.587. The van der Waals surface area contributed by atoms with E-state index in [1.165, 1.54) is 17.6 Å². The normalized spacial score (nSPS) is 11.6. The third kappa shape index (κ3) is 4.29. The van der Waals surface area contributed by atoms with Crippen molar-refractivity contribution >= 4 is 15.9 Å². The number of benzene rings is 1. The van der Waals surface area contributed by atoms with Crippen LogP contribution in [0.4, 0.5) is 0 Å². The number of hydrogen-bond acceptors (Lipinski definition) is 4. The summed E-state index contributed by atoms with van der Waals surface area (Å²) in [6.45, 7) is 3.64. The predicted octanol–water partition coefficient (Wildman–Crippen LogP) is 1.29. The Morgan fingerprint density at radius 2 is 1.90 bits per heavy atom. The predicted molar refractivity (Wildman–Crippen MR) is 74.8 cm³/mol. The van der Waals surface area contributed by atoms with Crippen molar-refractivity contribution in [2.45, 2.75) is 31.6 Å². The zero-order chi connectivity index (χ0) is 15.2. The lowest BCUT2D eigenvalue weighted by molar-refractivity contribution is -0.129. The van der Waals surface area contributed by atoms with Gasteiger partial charge in [0.1, 0.15) is 0 Å². The molecule has 0 atom stereocenters. The molecule has 0 heterocycles. The van der Waals surface area contributed by atoms with Gasteiger partial charge in [-0.1, -0.05) is 31.0 Å². The second-order valence-electron chi connectivity index (χ2n) is 4.54. The van der Waals surface area contributed by atoms with Crippen LogP contribution in [-0.2, 0) is 14.8 Å². The van der Waals surface area contributed by atoms with Crippen LogP contribution in [0.5, 0.6) is 0 Å². The summed E-state index contributed by atoms with van der Waals surface area (Å²) in [5, 5.41) is 8.56. The molecule has 7 heteroatoms. The van der Waals surface area contributed by atoms with Crippen LogP contribution in [0.25, 0.3) is 0 Å². The van der Waals surface area contributed by atoms with Crippen LogP contribution in [0.15, 0.2) is 29.2 Å². The Balaban J connectivity index is 3.03. The molecule has 0 aromatic heterocycles. The first-order valence-corrected chi connectivity index (χ1v) is 7.85. The molecule has 2 N–H and O–H groups in total. The maximum atomic E-state index is 12.5. The lowest BCUT2D eigenvalue weighted by Gasteiger charge is -2.21. The molecule has 1 rings (SSSR count). The van der Waals surface area contributed by atoms with Crippen molar-refractivity contribution in [1.82, 2.24) is 9.79 Å². The smallest absolute Gasteiger partial charge is 0.258 e. The summed E-state index contributed by atoms with van der Waals surface area (Å²) in [6.07, 6.45) is 1.45. The molecular formula is C13H20N2O4S. The zero-order valence-corrected chi connectivity index (χ0v) is 12.5. The number of rotatable bonds is 7. The molecule has 0 bridgehead atoms. The third-order valence-corrected chi connectivity index (χ3v) is 4.72. The van der Waals surface area contributed by atoms with Crippen molar-refractivity contribution in [3.8, 4) is 0 Å². The van der Waals surface area contributed by atoms with Crippen molar-refractivity contribution < 1.29 is 18.4 Å². The van der Waals surface area contributed by atoms with E-state index in [1.807, 2.05) is 13.8 Å². The fourth-order valence-electron chi connectivity index (χ4n) is 1.67. The molecular weight excluding hydrogens is 280 g/mol. The lowest BCUT2D eigenvalue weighted by Crippen LogP contribution is -2.40. The van der Waals surface area contributed by atoms with E-state index >= 15 is 0 Å². The van der Waals surface area contributed by atoms with Crippen molar-refractivity contribution in [2.24, 2.45) is 0 Å². The van der Waals surface area contributed by atoms with E-state index in [2.05, 4.69) is 0 Å². The van der Waals surface area contributed by atoms with Crippen molar-refractivity contribution in [3.05, 3.63) is 29.8 Å². The number of carbonyl (C=O) groups is 1. The number of sulfonamides is 1. The highest BCUT2D eigenvalue weighted by atomic mass is 32.2. The molecule has 1 aromatic rings. The molecule has 0 fully saturated rings. The molecule has 0 aliphatic carbocycles. The number of nitrogens with zero attached hydrogens (tertiary/aromatic N) is 1. The Hall–Kier alpha value is -1.44. The Kier molecular flexibility index (Phi) is 6.12. The van der Waals surface area contributed by atoms with Crippen molar-refractivity contribution in [2.75, 3.05) is 13.1 Å². The summed E-state index contributed by atoms with van der Waals surface area (Å²) >= 11 is 0. The van der Waals surface area contributed by atoms with Crippen molar-refractivity contribution in [3.63, 3.8) is 0 Å². The molecule has 0 radical (unpaired) electrons. The molecule has 112 valence electrons. The van der Waals surface area contributed by atoms with E-state index in [9.17, 15) is 13.2 Å². The number of carbonyl (C=O) groups excluding carboxylic acids is 1. The molecule has 20 heavy (non-hydrogen) atoms. The summed E-state index contributed by atoms with van der Waals surface area (Å²) in [4.78, 5) is 11.4. The highest BCUT2D eigenvalue weighted by Gasteiger charge is 2.25. The van der Waals surface area contributed by atoms with Gasteiger partial charge in [-0.25, -0.2) is 13.9 Å². The van der Waals surface area contributed by atoms with E-state index in [-0.39, 0.29) is 11.4 Å². The van der Waals surface area contributed by atoms with Crippen LogP contribution in [-0.4, -0.2) is 36.9 Å². The number of unbranched alkanes of at least 4 members (excludes halogenated alkanes) is 1. The summed E-state index contributed by atoms with van der Waals surface area (Å²) in [5.41, 5.74) is 2.42. The summed E-state index contributed by atoms with van der Waals surface area (Å²) in [7, 11) is -3.73. The minimum absolute atomic E-state index is 0.143. The van der Waals surface area contributed by atoms with Gasteiger partial charge in [0.15, 0.2) is 0 Å². The van der Waals surface area contributed by atoms with Crippen LogP contribution in [0.2, 0.25) is 0 Å². The van der Waals surface area contributed by atoms with Gasteiger partial charge in [0.2, 0.25) is 10.0 Å². The first-order chi connectivity index (χ1) is 9.41. The van der Waals surface area contributed by atoms with Gasteiger partial charge in [-0.05, 0) is 25.5 Å². The highest BCUT2D eigenvalue weighted by Crippen LogP contribution is 2.16. The number of amides is 1. The SMILES string of the molecule is CCCCN(CC(=O)NO)S(=O)(=O)c1ccc(C)cc1. The maximum absolute atomic E-state index is 12.5. The minimum atomic E-state index is -3.73. The Bertz CT molecular complexity index is 540. The fraction of sp³-hybridized carbons (Fsp3) is 0.462. The molecule has 0 aliphatic rings. The molecule has 0 saturated heterocycles. The molecule has 0 aliphatic heterocycles. The van der Waals surface area contributed by atoms with Gasteiger partial charge < -0.3 is 0 Å². The zero-order valence-electron chi connectivity index (χ0n) is 11.7. The van der Waals surface area contributed by atoms with E-state index in [0.717, 1.165) is 16.3 Å². The van der Waals surface area contributed by atoms with Gasteiger partial charge in [-0.2, -0.15) is 4.31 Å². The van der Waals surface area contributed by atoms with Crippen LogP contribution >= 0.6 is 0 Å². The highest BCUT2D eigenvalue weighted by molar-refractivity contribution is 7.89. The first kappa shape index (κ1) is 16.6. The summed E-state index contributed by atoms with van der Waals surface area (Å²) in [5.74, 6) is -0.753. The second kappa shape index (κ2) is 7.37. The van der Waals surface area contributed by atoms with Gasteiger partial charge in [-0.3, -0.25) is 10.0 Å². The van der Waals surface area contributed by atoms with E-state index in [4.69, 9.17) is 5.21 Å². The van der Waals surface area contributed by atoms with Gasteiger partial charge in [-0.15, -0.1) is 0 Å². The van der Waals surface area contributed by atoms with Crippen LogP contribution < -0.4 is 5.48 Å². The van der Waals surface area contributed by atoms with Crippen molar-refractivity contribution in [1.29, 1.82) is 0 Å². The molecule has 1 aromatic carbocycles. The van der Waals surface area contributed by atoms with Gasteiger partial charge in [0, 0.05) is 6.54 Å². The monoisotopic (exact) mass is 300 g/mol. The minimum Gasteiger partial charge on any atom is -0.289 e. The molecule has 0 saturated carbocycles. The Morgan fingerprint density at radius 3 is 2.40 bits per heavy atom. The first-order valence-electron chi connectivity index (χ1n) is 6.41. The van der Waals surface area contributed by atoms with Gasteiger partial charge >= 0.3 is 0 Å². The average Bonchev–Trinajstić information content (AvgIpc) is 2.43. The molecule has 6 nitrogen and oxygen atoms in total. The Labute approximate surface area is 119 Å². The number of aryl methyl sites for hydroxylation is 1. The van der Waals surface area contributed by atoms with Crippen LogP contribution in [0.3, 0.4) is 0 Å². The van der Waals surface area contributed by atoms with E-state index in [1.54, 1.807) is 12.1 Å². The number of nitrogens with one attached hydrogen (secondary N) is 1. The standard InChI is InChI=1S/C13H20N2O4S/c1-3-4-9-15(10-13(16)14-17)20(18,19)12-7-5-11(2)6-8-12/h5-8,17H,3-4,9-10H2,1-2H3,(H,14,16). The molecule has 0 spiro atoms. The van der Waals surface area contributed by atoms with Crippen LogP contribution in [0, 0.1) is 6.92 Å². The molecule has 0 unspecified atom stereocenters. The van der Waals surface area contributed by atoms with Crippen LogP contribution in [0.1, 0.15) is 25.3 Å². The second-order valence-corrected chi connectivity index (χ2v) is 6.48. The van der Waals surface area contributed by atoms with E-state index < -0.39 is 22.5 Å². The topological polar surface area (TPSA) is 86.7 Å². The van der Waals surface area contributed by atoms with E-state index in [0.29, 0.717) is 6.42 Å². The lowest BCUT2D eigenvalue weighted by atomic mass is 10.2. The largest absolute Gasteiger partial charge is 0.289 e. The third-order valence-electron chi connectivity index (χ3n) is 2.86. The average molecular weight is 300 g/mol. The number of hydrogen-bond donors (Lipinski definition) is 2. The molecule has 1 amide bonds. The maximum Gasteiger partial charge on any atom is 0.258 e. The fourth-order valence-corrected chi connectivity index (χ4v) is 3.11.